The Labute approximate surface area is 392 Å². The second-order valence-electron chi connectivity index (χ2n) is 16.4. The van der Waals surface area contributed by atoms with Gasteiger partial charge in [-0.05, 0) is 107 Å². The molecule has 63 heavy (non-hydrogen) atoms. The minimum atomic E-state index is -0.507. The van der Waals surface area contributed by atoms with E-state index in [1.54, 1.807) is 0 Å². The predicted octanol–water partition coefficient (Wildman–Crippen LogP) is 13.9. The maximum absolute atomic E-state index is 10.8. The summed E-state index contributed by atoms with van der Waals surface area (Å²) >= 11 is 3.18. The van der Waals surface area contributed by atoms with E-state index in [4.69, 9.17) is 9.69 Å². The summed E-state index contributed by atoms with van der Waals surface area (Å²) < 4.78 is 2.28. The zero-order valence-electron chi connectivity index (χ0n) is 37.5. The van der Waals surface area contributed by atoms with Gasteiger partial charge in [0.25, 0.3) is 5.69 Å². The molecule has 0 bridgehead atoms. The van der Waals surface area contributed by atoms with Crippen LogP contribution in [-0.2, 0) is 15.7 Å². The third kappa shape index (κ3) is 10.9. The molecule has 0 unspecified atom stereocenters. The summed E-state index contributed by atoms with van der Waals surface area (Å²) in [6, 6.07) is 31.9. The molecule has 6 aromatic rings. The Morgan fingerprint density at radius 3 is 1.75 bits per heavy atom. The van der Waals surface area contributed by atoms with E-state index in [1.807, 2.05) is 26.0 Å². The number of benzene rings is 6. The number of nitrogens with zero attached hydrogens (tertiary/aromatic N) is 4. The number of halogens is 2. The second-order valence-corrected chi connectivity index (χ2v) is 19.4. The molecular formula is C53H54BrClN4O3Ru-. The number of nitro groups is 1. The third-order valence-electron chi connectivity index (χ3n) is 11.3. The fourth-order valence-electron chi connectivity index (χ4n) is 8.72. The first-order chi connectivity index (χ1) is 30.0. The van der Waals surface area contributed by atoms with Crippen molar-refractivity contribution < 1.29 is 25.7 Å². The van der Waals surface area contributed by atoms with Gasteiger partial charge in [-0.3, -0.25) is 15.1 Å². The number of rotatable bonds is 6. The molecule has 1 saturated heterocycles. The molecule has 0 radical (unpaired) electrons. The Kier molecular flexibility index (Phi) is 15.4. The van der Waals surface area contributed by atoms with Crippen molar-refractivity contribution in [3.8, 4) is 5.75 Å². The van der Waals surface area contributed by atoms with Crippen molar-refractivity contribution in [3.05, 3.63) is 202 Å². The minimum absolute atomic E-state index is 0.0447. The number of hydrogen-bond donors (Lipinski definition) is 1. The number of hydrogen-bond acceptors (Lipinski definition) is 6. The standard InChI is InChI=1S/C21H27N2.C17H14.C15H13BrN2O3.ClH.Ru/c1-14-9-16(3)20(17(4)10-14)22-7-8-23(13-22)21-18(5)11-15(2)12-19(21)6;1-12-6-3-4-9-15(12)16-11-10-14-8-5-7-13(2)17(14)16;1-9-5-12(16)6-10(2)15(9)17-8-11-7-13(18(20)21)3-4-14(11)19;;/h9-13H,7-8H2,1-6H3;3-9,11H,1-2H3;3-8,19H,1-2H3;1H;/q-1;;;;+1/p-1. The van der Waals surface area contributed by atoms with Crippen LogP contribution in [0.2, 0.25) is 0 Å². The summed E-state index contributed by atoms with van der Waals surface area (Å²) in [5.74, 6) is -0.0447. The van der Waals surface area contributed by atoms with Crippen LogP contribution in [0.1, 0.15) is 77.9 Å². The first kappa shape index (κ1) is 47.3. The Morgan fingerprint density at radius 2 is 1.22 bits per heavy atom. The molecule has 1 aliphatic heterocycles. The van der Waals surface area contributed by atoms with Gasteiger partial charge in [0, 0.05) is 52.8 Å². The maximum atomic E-state index is 10.8. The number of aromatic hydroxyl groups is 1. The van der Waals surface area contributed by atoms with Crippen LogP contribution in [0.15, 0.2) is 113 Å². The molecule has 1 fully saturated rings. The topological polar surface area (TPSA) is 82.2 Å². The van der Waals surface area contributed by atoms with Gasteiger partial charge in [0.05, 0.1) is 10.6 Å². The van der Waals surface area contributed by atoms with E-state index in [2.05, 4.69) is 166 Å². The molecule has 2 aliphatic rings. The van der Waals surface area contributed by atoms with Crippen molar-refractivity contribution in [1.29, 1.82) is 0 Å². The molecule has 0 spiro atoms. The van der Waals surface area contributed by atoms with Crippen molar-refractivity contribution in [2.24, 2.45) is 4.99 Å². The van der Waals surface area contributed by atoms with E-state index in [9.17, 15) is 15.2 Å². The number of aryl methyl sites for hydroxylation is 10. The monoisotopic (exact) mass is 1010 g/mol. The van der Waals surface area contributed by atoms with Gasteiger partial charge in [0.15, 0.2) is 0 Å². The SMILES string of the molecule is Cc1cc(Br)cc(C)c1N=Cc1cc([N+](=O)[O-])ccc1O.Cc1cc(C)c(N2[CH-]N(c3c(C)cc(C)cc3C)CC2)c(C)c1.Cc1ccccc1C1=C[C](=[Ru][Cl])c2cccc(C)c21. The fourth-order valence-corrected chi connectivity index (χ4v) is 10.9. The van der Waals surface area contributed by atoms with Crippen molar-refractivity contribution in [1.82, 2.24) is 0 Å². The van der Waals surface area contributed by atoms with Crippen LogP contribution in [0.25, 0.3) is 5.57 Å². The van der Waals surface area contributed by atoms with Crippen LogP contribution in [0.3, 0.4) is 0 Å². The molecule has 1 aliphatic carbocycles. The second kappa shape index (κ2) is 20.5. The number of allylic oxidation sites excluding steroid dienone is 1. The number of non-ortho nitro benzene ring substituents is 1. The zero-order chi connectivity index (χ0) is 45.7. The van der Waals surface area contributed by atoms with Crippen LogP contribution in [0.5, 0.6) is 5.75 Å². The fraction of sp³-hybridized carbons (Fsp3) is 0.226. The van der Waals surface area contributed by atoms with E-state index >= 15 is 0 Å². The van der Waals surface area contributed by atoms with Gasteiger partial charge >= 0.3 is 125 Å². The Morgan fingerprint density at radius 1 is 0.698 bits per heavy atom. The molecule has 327 valence electrons. The zero-order valence-corrected chi connectivity index (χ0v) is 41.6. The van der Waals surface area contributed by atoms with Crippen molar-refractivity contribution in [3.63, 3.8) is 0 Å². The summed E-state index contributed by atoms with van der Waals surface area (Å²) in [5.41, 5.74) is 21.8. The molecule has 0 saturated carbocycles. The Balaban J connectivity index is 0.000000158. The summed E-state index contributed by atoms with van der Waals surface area (Å²) in [7, 11) is 6.19. The molecule has 10 heteroatoms. The van der Waals surface area contributed by atoms with Gasteiger partial charge < -0.3 is 14.9 Å². The average Bonchev–Trinajstić information content (AvgIpc) is 3.84. The van der Waals surface area contributed by atoms with E-state index in [1.165, 1.54) is 107 Å². The molecule has 0 amide bonds. The Hall–Kier alpha value is -5.21. The van der Waals surface area contributed by atoms with Crippen LogP contribution >= 0.6 is 25.6 Å². The number of phenols is 1. The van der Waals surface area contributed by atoms with Gasteiger partial charge in [-0.15, -0.1) is 0 Å². The Bertz CT molecular complexity index is 2680. The van der Waals surface area contributed by atoms with Gasteiger partial charge in [-0.2, -0.15) is 6.67 Å². The van der Waals surface area contributed by atoms with Gasteiger partial charge in [0.2, 0.25) is 0 Å². The number of fused-ring (bicyclic) bond motifs is 1. The first-order valence-corrected chi connectivity index (χ1v) is 24.7. The van der Waals surface area contributed by atoms with E-state index in [0.717, 1.165) is 34.4 Å². The molecule has 6 aromatic carbocycles. The van der Waals surface area contributed by atoms with Crippen LogP contribution in [0, 0.1) is 86.0 Å². The molecule has 0 aromatic heterocycles. The summed E-state index contributed by atoms with van der Waals surface area (Å²) in [4.78, 5) is 19.4. The molecule has 1 N–H and O–H groups in total. The predicted molar refractivity (Wildman–Crippen MR) is 265 cm³/mol. The van der Waals surface area contributed by atoms with Crippen LogP contribution in [0.4, 0.5) is 22.7 Å². The number of phenolic OH excluding ortho intramolecular Hbond substituents is 1. The molecule has 1 heterocycles. The average molecular weight is 1010 g/mol. The van der Waals surface area contributed by atoms with Crippen molar-refractivity contribution >= 4 is 64.3 Å². The number of anilines is 2. The van der Waals surface area contributed by atoms with Gasteiger partial charge in [-0.1, -0.05) is 51.3 Å². The normalized spacial score (nSPS) is 13.8. The van der Waals surface area contributed by atoms with Gasteiger partial charge in [-0.25, -0.2) is 0 Å². The summed E-state index contributed by atoms with van der Waals surface area (Å²) in [6.45, 7) is 25.8. The first-order valence-electron chi connectivity index (χ1n) is 20.8. The van der Waals surface area contributed by atoms with Crippen molar-refractivity contribution in [2.45, 2.75) is 69.2 Å². The molecule has 0 atom stereocenters. The van der Waals surface area contributed by atoms with Crippen LogP contribution < -0.4 is 9.80 Å². The van der Waals surface area contributed by atoms with Crippen molar-refractivity contribution in [2.75, 3.05) is 22.9 Å². The van der Waals surface area contributed by atoms with Gasteiger partial charge in [0.1, 0.15) is 5.75 Å². The molecule has 7 nitrogen and oxygen atoms in total. The van der Waals surface area contributed by atoms with E-state index in [0.29, 0.717) is 5.56 Å². The number of nitro benzene ring substituents is 1. The van der Waals surface area contributed by atoms with E-state index in [-0.39, 0.29) is 27.1 Å². The molecular weight excluding hydrogens is 957 g/mol. The molecule has 8 rings (SSSR count). The quantitative estimate of drug-likeness (QED) is 0.0591. The summed E-state index contributed by atoms with van der Waals surface area (Å²) in [6.07, 6.45) is 3.72. The summed E-state index contributed by atoms with van der Waals surface area (Å²) in [5, 5.41) is 20.5. The number of aliphatic imine (C=N–C) groups is 1. The van der Waals surface area contributed by atoms with E-state index < -0.39 is 4.92 Å². The van der Waals surface area contributed by atoms with Crippen LogP contribution in [-0.4, -0.2) is 33.4 Å². The third-order valence-corrected chi connectivity index (χ3v) is 13.7.